The molecule has 0 amide bonds. The second kappa shape index (κ2) is 9.03. The van der Waals surface area contributed by atoms with Crippen LogP contribution in [0.25, 0.3) is 0 Å². The third-order valence-corrected chi connectivity index (χ3v) is 3.56. The van der Waals surface area contributed by atoms with Gasteiger partial charge in [-0.3, -0.25) is 0 Å². The Morgan fingerprint density at radius 3 is 2.23 bits per heavy atom. The minimum Gasteiger partial charge on any atom is -0.465 e. The van der Waals surface area contributed by atoms with Gasteiger partial charge in [-0.25, -0.2) is 0 Å². The lowest BCUT2D eigenvalue weighted by Crippen LogP contribution is -2.27. The molecule has 0 aliphatic carbocycles. The van der Waals surface area contributed by atoms with E-state index in [4.69, 9.17) is 9.47 Å². The highest BCUT2D eigenvalue weighted by molar-refractivity contribution is 5.29. The summed E-state index contributed by atoms with van der Waals surface area (Å²) in [7, 11) is 0. The maximum atomic E-state index is 12.3. The van der Waals surface area contributed by atoms with Crippen LogP contribution in [0.2, 0.25) is 0 Å². The highest BCUT2D eigenvalue weighted by Gasteiger charge is 2.29. The minimum absolute atomic E-state index is 0.444. The topological polar surface area (TPSA) is 18.5 Å². The van der Waals surface area contributed by atoms with Gasteiger partial charge in [0.25, 0.3) is 0 Å². The summed E-state index contributed by atoms with van der Waals surface area (Å²) in [5, 5.41) is 0. The van der Waals surface area contributed by atoms with E-state index in [9.17, 15) is 13.2 Å². The lowest BCUT2D eigenvalue weighted by molar-refractivity contribution is -0.211. The minimum atomic E-state index is -4.34. The maximum Gasteiger partial charge on any atom is 0.411 e. The lowest BCUT2D eigenvalue weighted by Gasteiger charge is -2.20. The normalized spacial score (nSPS) is 14.6. The summed E-state index contributed by atoms with van der Waals surface area (Å²) < 4.78 is 47.3. The zero-order chi connectivity index (χ0) is 16.6. The van der Waals surface area contributed by atoms with Crippen LogP contribution in [0.15, 0.2) is 24.3 Å². The van der Waals surface area contributed by atoms with Gasteiger partial charge in [0.05, 0.1) is 0 Å². The molecular formula is C17H25F3O2. The Bertz CT molecular complexity index is 415. The Hall–Kier alpha value is -1.23. The molecular weight excluding hydrogens is 293 g/mol. The first-order chi connectivity index (χ1) is 10.4. The summed E-state index contributed by atoms with van der Waals surface area (Å²) in [6.07, 6.45) is -2.09. The lowest BCUT2D eigenvalue weighted by atomic mass is 9.99. The molecule has 126 valence electrons. The third-order valence-electron chi connectivity index (χ3n) is 3.56. The Morgan fingerprint density at radius 1 is 1.09 bits per heavy atom. The summed E-state index contributed by atoms with van der Waals surface area (Å²) in [5.74, 6) is 0.988. The zero-order valence-corrected chi connectivity index (χ0v) is 13.5. The van der Waals surface area contributed by atoms with Crippen molar-refractivity contribution < 1.29 is 22.6 Å². The molecule has 22 heavy (non-hydrogen) atoms. The van der Waals surface area contributed by atoms with E-state index in [0.717, 1.165) is 19.3 Å². The van der Waals surface area contributed by atoms with Crippen LogP contribution in [0, 0.1) is 0 Å². The van der Waals surface area contributed by atoms with E-state index in [1.54, 1.807) is 12.1 Å². The summed E-state index contributed by atoms with van der Waals surface area (Å²) in [4.78, 5) is 0. The molecule has 0 saturated heterocycles. The van der Waals surface area contributed by atoms with Crippen LogP contribution >= 0.6 is 0 Å². The van der Waals surface area contributed by atoms with Crippen molar-refractivity contribution >= 4 is 0 Å². The second-order valence-electron chi connectivity index (χ2n) is 5.49. The van der Waals surface area contributed by atoms with E-state index in [0.29, 0.717) is 18.1 Å². The molecule has 0 spiro atoms. The molecule has 0 saturated carbocycles. The standard InChI is InChI=1S/C17H25F3O2/c1-4-6-7-16(21-12-17(18,19)20)22-15-10-8-14(9-11-15)13(3)5-2/h8-11,13,16H,4-7,12H2,1-3H3. The summed E-state index contributed by atoms with van der Waals surface area (Å²) in [6.45, 7) is 4.93. The molecule has 0 bridgehead atoms. The van der Waals surface area contributed by atoms with Crippen molar-refractivity contribution in [3.05, 3.63) is 29.8 Å². The first kappa shape index (κ1) is 18.8. The number of ether oxygens (including phenoxy) is 2. The van der Waals surface area contributed by atoms with Crippen molar-refractivity contribution in [2.45, 2.75) is 64.8 Å². The number of halogens is 3. The molecule has 0 aliphatic heterocycles. The molecule has 0 heterocycles. The van der Waals surface area contributed by atoms with E-state index in [2.05, 4.69) is 13.8 Å². The van der Waals surface area contributed by atoms with Gasteiger partial charge < -0.3 is 9.47 Å². The van der Waals surface area contributed by atoms with Crippen LogP contribution in [0.4, 0.5) is 13.2 Å². The van der Waals surface area contributed by atoms with E-state index in [1.165, 1.54) is 5.56 Å². The van der Waals surface area contributed by atoms with E-state index in [1.807, 2.05) is 19.1 Å². The fourth-order valence-electron chi connectivity index (χ4n) is 2.00. The second-order valence-corrected chi connectivity index (χ2v) is 5.49. The predicted octanol–water partition coefficient (Wildman–Crippen LogP) is 5.67. The molecule has 0 radical (unpaired) electrons. The number of alkyl halides is 3. The number of hydrogen-bond acceptors (Lipinski definition) is 2. The van der Waals surface area contributed by atoms with Crippen molar-refractivity contribution in [2.24, 2.45) is 0 Å². The summed E-state index contributed by atoms with van der Waals surface area (Å²) in [6, 6.07) is 7.48. The SMILES string of the molecule is CCCCC(OCC(F)(F)F)Oc1ccc(C(C)CC)cc1. The van der Waals surface area contributed by atoms with Crippen molar-refractivity contribution in [1.82, 2.24) is 0 Å². The van der Waals surface area contributed by atoms with Crippen LogP contribution in [0.5, 0.6) is 5.75 Å². The molecule has 0 N–H and O–H groups in total. The molecule has 0 aliphatic rings. The molecule has 0 aromatic heterocycles. The molecule has 1 aromatic rings. The van der Waals surface area contributed by atoms with Crippen LogP contribution in [-0.2, 0) is 4.74 Å². The van der Waals surface area contributed by atoms with Crippen molar-refractivity contribution in [3.63, 3.8) is 0 Å². The zero-order valence-electron chi connectivity index (χ0n) is 13.5. The van der Waals surface area contributed by atoms with Gasteiger partial charge in [0.1, 0.15) is 12.4 Å². The molecule has 1 rings (SSSR count). The Balaban J connectivity index is 2.63. The molecule has 0 fully saturated rings. The average Bonchev–Trinajstić information content (AvgIpc) is 2.49. The van der Waals surface area contributed by atoms with Crippen LogP contribution in [-0.4, -0.2) is 19.1 Å². The predicted molar refractivity (Wildman–Crippen MR) is 81.1 cm³/mol. The maximum absolute atomic E-state index is 12.3. The van der Waals surface area contributed by atoms with Gasteiger partial charge in [-0.15, -0.1) is 0 Å². The summed E-state index contributed by atoms with van der Waals surface area (Å²) in [5.41, 5.74) is 1.19. The Morgan fingerprint density at radius 2 is 1.73 bits per heavy atom. The average molecular weight is 318 g/mol. The van der Waals surface area contributed by atoms with Gasteiger partial charge in [-0.2, -0.15) is 13.2 Å². The van der Waals surface area contributed by atoms with Gasteiger partial charge in [-0.1, -0.05) is 39.3 Å². The molecule has 2 nitrogen and oxygen atoms in total. The van der Waals surface area contributed by atoms with Crippen molar-refractivity contribution in [1.29, 1.82) is 0 Å². The van der Waals surface area contributed by atoms with Gasteiger partial charge in [0.15, 0.2) is 6.29 Å². The van der Waals surface area contributed by atoms with Gasteiger partial charge in [-0.05, 0) is 36.5 Å². The van der Waals surface area contributed by atoms with Gasteiger partial charge in [0, 0.05) is 6.42 Å². The van der Waals surface area contributed by atoms with E-state index < -0.39 is 19.1 Å². The van der Waals surface area contributed by atoms with Crippen LogP contribution < -0.4 is 4.74 Å². The number of unbranched alkanes of at least 4 members (excludes halogenated alkanes) is 1. The van der Waals surface area contributed by atoms with E-state index in [-0.39, 0.29) is 0 Å². The Kier molecular flexibility index (Phi) is 7.73. The molecule has 2 unspecified atom stereocenters. The van der Waals surface area contributed by atoms with Gasteiger partial charge >= 0.3 is 6.18 Å². The third kappa shape index (κ3) is 7.16. The smallest absolute Gasteiger partial charge is 0.411 e. The van der Waals surface area contributed by atoms with Gasteiger partial charge in [0.2, 0.25) is 0 Å². The van der Waals surface area contributed by atoms with Crippen molar-refractivity contribution in [2.75, 3.05) is 6.61 Å². The quantitative estimate of drug-likeness (QED) is 0.546. The largest absolute Gasteiger partial charge is 0.465 e. The monoisotopic (exact) mass is 318 g/mol. The number of benzene rings is 1. The highest BCUT2D eigenvalue weighted by atomic mass is 19.4. The first-order valence-corrected chi connectivity index (χ1v) is 7.80. The molecule has 1 aromatic carbocycles. The fourth-order valence-corrected chi connectivity index (χ4v) is 2.00. The first-order valence-electron chi connectivity index (χ1n) is 7.80. The van der Waals surface area contributed by atoms with Crippen LogP contribution in [0.1, 0.15) is 57.9 Å². The Labute approximate surface area is 130 Å². The fraction of sp³-hybridized carbons (Fsp3) is 0.647. The molecule has 2 atom stereocenters. The van der Waals surface area contributed by atoms with Crippen molar-refractivity contribution in [3.8, 4) is 5.75 Å². The van der Waals surface area contributed by atoms with E-state index >= 15 is 0 Å². The number of rotatable bonds is 9. The highest BCUT2D eigenvalue weighted by Crippen LogP contribution is 2.24. The molecule has 5 heteroatoms. The van der Waals surface area contributed by atoms with Crippen LogP contribution in [0.3, 0.4) is 0 Å². The summed E-state index contributed by atoms with van der Waals surface area (Å²) >= 11 is 0. The number of hydrogen-bond donors (Lipinski definition) is 0.